The van der Waals surface area contributed by atoms with Gasteiger partial charge in [0.25, 0.3) is 0 Å². The van der Waals surface area contributed by atoms with E-state index >= 15 is 0 Å². The molecule has 2 heterocycles. The quantitative estimate of drug-likeness (QED) is 0.519. The molecule has 0 fully saturated rings. The summed E-state index contributed by atoms with van der Waals surface area (Å²) in [6.07, 6.45) is 1.33. The number of Topliss-reactive ketones (excluding diaryl/α,β-unsaturated/α-hetero) is 1. The lowest BCUT2D eigenvalue weighted by atomic mass is 10.2. The molecule has 0 radical (unpaired) electrons. The number of nitrogens with one attached hydrogen (secondary N) is 1. The number of allylic oxidation sites excluding steroid dienone is 1. The standard InChI is InChI=1S/C12H9N3O2S/c1-8-5-11(15-17-8)14-7-9(6-13)12(16)10-3-2-4-18-10/h2-5,7H,1H3,(H,14,15). The molecule has 90 valence electrons. The lowest BCUT2D eigenvalue weighted by molar-refractivity contribution is 0.104. The first-order chi connectivity index (χ1) is 8.70. The highest BCUT2D eigenvalue weighted by atomic mass is 32.1. The van der Waals surface area contributed by atoms with Crippen molar-refractivity contribution in [2.24, 2.45) is 0 Å². The molecule has 0 spiro atoms. The first-order valence-electron chi connectivity index (χ1n) is 5.09. The minimum Gasteiger partial charge on any atom is -0.360 e. The van der Waals surface area contributed by atoms with Crippen molar-refractivity contribution in [3.8, 4) is 6.07 Å². The molecule has 0 unspecified atom stereocenters. The fraction of sp³-hybridized carbons (Fsp3) is 0.0833. The molecule has 0 amide bonds. The van der Waals surface area contributed by atoms with Gasteiger partial charge in [-0.05, 0) is 18.4 Å². The van der Waals surface area contributed by atoms with E-state index in [0.29, 0.717) is 16.5 Å². The number of anilines is 1. The van der Waals surface area contributed by atoms with E-state index in [1.54, 1.807) is 30.5 Å². The molecule has 1 N–H and O–H groups in total. The molecular weight excluding hydrogens is 250 g/mol. The number of aromatic nitrogens is 1. The van der Waals surface area contributed by atoms with Gasteiger partial charge in [0.15, 0.2) is 5.82 Å². The third-order valence-electron chi connectivity index (χ3n) is 2.10. The Bertz CT molecular complexity index is 620. The summed E-state index contributed by atoms with van der Waals surface area (Å²) in [6.45, 7) is 1.75. The fourth-order valence-electron chi connectivity index (χ4n) is 1.27. The van der Waals surface area contributed by atoms with Crippen LogP contribution in [-0.4, -0.2) is 10.9 Å². The predicted molar refractivity (Wildman–Crippen MR) is 67.2 cm³/mol. The van der Waals surface area contributed by atoms with Crippen molar-refractivity contribution in [2.75, 3.05) is 5.32 Å². The third-order valence-corrected chi connectivity index (χ3v) is 2.97. The van der Waals surface area contributed by atoms with Crippen molar-refractivity contribution in [3.05, 3.63) is 46.0 Å². The van der Waals surface area contributed by atoms with Crippen LogP contribution < -0.4 is 5.32 Å². The maximum absolute atomic E-state index is 11.9. The van der Waals surface area contributed by atoms with E-state index in [4.69, 9.17) is 9.78 Å². The highest BCUT2D eigenvalue weighted by Gasteiger charge is 2.12. The number of nitrogens with zero attached hydrogens (tertiary/aromatic N) is 2. The third kappa shape index (κ3) is 2.64. The highest BCUT2D eigenvalue weighted by molar-refractivity contribution is 7.12. The van der Waals surface area contributed by atoms with Crippen LogP contribution in [0.25, 0.3) is 0 Å². The SMILES string of the molecule is Cc1cc(NC=C(C#N)C(=O)c2cccs2)no1. The van der Waals surface area contributed by atoms with Gasteiger partial charge in [-0.15, -0.1) is 11.3 Å². The lowest BCUT2D eigenvalue weighted by Crippen LogP contribution is -2.02. The molecule has 0 aliphatic rings. The Labute approximate surface area is 107 Å². The van der Waals surface area contributed by atoms with Crippen molar-refractivity contribution < 1.29 is 9.32 Å². The highest BCUT2D eigenvalue weighted by Crippen LogP contribution is 2.14. The van der Waals surface area contributed by atoms with Crippen LogP contribution in [0.3, 0.4) is 0 Å². The number of hydrogen-bond donors (Lipinski definition) is 1. The number of nitriles is 1. The Balaban J connectivity index is 2.14. The molecular formula is C12H9N3O2S. The van der Waals surface area contributed by atoms with Crippen molar-refractivity contribution in [2.45, 2.75) is 6.92 Å². The van der Waals surface area contributed by atoms with Crippen LogP contribution in [0.2, 0.25) is 0 Å². The summed E-state index contributed by atoms with van der Waals surface area (Å²) in [7, 11) is 0. The van der Waals surface area contributed by atoms with Gasteiger partial charge >= 0.3 is 0 Å². The number of rotatable bonds is 4. The van der Waals surface area contributed by atoms with Crippen molar-refractivity contribution in [1.29, 1.82) is 5.26 Å². The molecule has 0 atom stereocenters. The molecule has 18 heavy (non-hydrogen) atoms. The number of ketones is 1. The molecule has 2 rings (SSSR count). The van der Waals surface area contributed by atoms with Crippen LogP contribution in [0.15, 0.2) is 39.9 Å². The summed E-state index contributed by atoms with van der Waals surface area (Å²) in [5.41, 5.74) is 0.0260. The Morgan fingerprint density at radius 3 is 3.06 bits per heavy atom. The number of carbonyl (C=O) groups excluding carboxylic acids is 1. The largest absolute Gasteiger partial charge is 0.360 e. The molecule has 0 saturated heterocycles. The average molecular weight is 259 g/mol. The van der Waals surface area contributed by atoms with Crippen LogP contribution in [0.4, 0.5) is 5.82 Å². The monoisotopic (exact) mass is 259 g/mol. The second kappa shape index (κ2) is 5.29. The fourth-order valence-corrected chi connectivity index (χ4v) is 1.95. The predicted octanol–water partition coefficient (Wildman–Crippen LogP) is 2.75. The van der Waals surface area contributed by atoms with Gasteiger partial charge < -0.3 is 9.84 Å². The molecule has 0 saturated carbocycles. The maximum Gasteiger partial charge on any atom is 0.214 e. The lowest BCUT2D eigenvalue weighted by Gasteiger charge is -1.96. The Hall–Kier alpha value is -2.39. The zero-order valence-electron chi connectivity index (χ0n) is 9.51. The normalized spacial score (nSPS) is 11.0. The smallest absolute Gasteiger partial charge is 0.214 e. The second-order valence-corrected chi connectivity index (χ2v) is 4.39. The van der Waals surface area contributed by atoms with Gasteiger partial charge in [-0.2, -0.15) is 5.26 Å². The summed E-state index contributed by atoms with van der Waals surface area (Å²) in [4.78, 5) is 12.4. The van der Waals surface area contributed by atoms with Gasteiger partial charge in [0, 0.05) is 12.3 Å². The number of aryl methyl sites for hydroxylation is 1. The van der Waals surface area contributed by atoms with Gasteiger partial charge in [-0.1, -0.05) is 11.2 Å². The van der Waals surface area contributed by atoms with Crippen LogP contribution in [0, 0.1) is 18.3 Å². The minimum atomic E-state index is -0.305. The topological polar surface area (TPSA) is 78.9 Å². The molecule has 0 aliphatic heterocycles. The van der Waals surface area contributed by atoms with Gasteiger partial charge in [-0.25, -0.2) is 0 Å². The first kappa shape index (κ1) is 12.1. The molecule has 6 heteroatoms. The second-order valence-electron chi connectivity index (χ2n) is 3.44. The zero-order valence-corrected chi connectivity index (χ0v) is 10.3. The van der Waals surface area contributed by atoms with Gasteiger partial charge in [0.1, 0.15) is 17.4 Å². The van der Waals surface area contributed by atoms with Gasteiger partial charge in [0.05, 0.1) is 4.88 Å². The van der Waals surface area contributed by atoms with Crippen LogP contribution in [0.5, 0.6) is 0 Å². The van der Waals surface area contributed by atoms with Crippen molar-refractivity contribution in [3.63, 3.8) is 0 Å². The van der Waals surface area contributed by atoms with Crippen LogP contribution >= 0.6 is 11.3 Å². The molecule has 2 aromatic rings. The zero-order chi connectivity index (χ0) is 13.0. The Morgan fingerprint density at radius 1 is 1.67 bits per heavy atom. The molecule has 0 bridgehead atoms. The first-order valence-corrected chi connectivity index (χ1v) is 5.97. The van der Waals surface area contributed by atoms with E-state index in [0.717, 1.165) is 0 Å². The molecule has 0 aromatic carbocycles. The summed E-state index contributed by atoms with van der Waals surface area (Å²) >= 11 is 1.30. The van der Waals surface area contributed by atoms with Gasteiger partial charge in [0.2, 0.25) is 5.78 Å². The summed E-state index contributed by atoms with van der Waals surface area (Å²) < 4.78 is 4.86. The Morgan fingerprint density at radius 2 is 2.50 bits per heavy atom. The number of thiophene rings is 1. The van der Waals surface area contributed by atoms with E-state index in [9.17, 15) is 4.79 Å². The minimum absolute atomic E-state index is 0.0260. The maximum atomic E-state index is 11.9. The molecule has 0 aliphatic carbocycles. The molecule has 2 aromatic heterocycles. The summed E-state index contributed by atoms with van der Waals surface area (Å²) in [6, 6.07) is 6.98. The molecule has 5 nitrogen and oxygen atoms in total. The van der Waals surface area contributed by atoms with Crippen molar-refractivity contribution in [1.82, 2.24) is 5.16 Å². The van der Waals surface area contributed by atoms with E-state index in [-0.39, 0.29) is 11.4 Å². The van der Waals surface area contributed by atoms with Crippen LogP contribution in [0.1, 0.15) is 15.4 Å². The Kier molecular flexibility index (Phi) is 3.55. The average Bonchev–Trinajstić information content (AvgIpc) is 3.01. The van der Waals surface area contributed by atoms with E-state index in [1.807, 2.05) is 6.07 Å². The summed E-state index contributed by atoms with van der Waals surface area (Å²) in [5.74, 6) is 0.799. The van der Waals surface area contributed by atoms with Gasteiger partial charge in [-0.3, -0.25) is 4.79 Å². The number of hydrogen-bond acceptors (Lipinski definition) is 6. The summed E-state index contributed by atoms with van der Waals surface area (Å²) in [5, 5.41) is 17.2. The van der Waals surface area contributed by atoms with Crippen molar-refractivity contribution >= 4 is 22.9 Å². The number of carbonyl (C=O) groups is 1. The van der Waals surface area contributed by atoms with E-state index in [1.165, 1.54) is 17.5 Å². The van der Waals surface area contributed by atoms with Crippen LogP contribution in [-0.2, 0) is 0 Å². The van der Waals surface area contributed by atoms with E-state index in [2.05, 4.69) is 10.5 Å². The van der Waals surface area contributed by atoms with E-state index < -0.39 is 0 Å².